The molecule has 1 aromatic carbocycles. The molecule has 7 unspecified atom stereocenters. The van der Waals surface area contributed by atoms with Gasteiger partial charge in [0.05, 0.1) is 42.2 Å². The molecule has 1 aliphatic carbocycles. The quantitative estimate of drug-likeness (QED) is 0.214. The molecule has 1 saturated carbocycles. The zero-order valence-electron chi connectivity index (χ0n) is 31.6. The van der Waals surface area contributed by atoms with Gasteiger partial charge in [0.2, 0.25) is 23.6 Å². The summed E-state index contributed by atoms with van der Waals surface area (Å²) in [4.78, 5) is 57.8. The predicted molar refractivity (Wildman–Crippen MR) is 192 cm³/mol. The molecule has 2 aliphatic rings. The third-order valence-electron chi connectivity index (χ3n) is 10.9. The number of benzene rings is 1. The highest BCUT2D eigenvalue weighted by Crippen LogP contribution is 2.47. The van der Waals surface area contributed by atoms with E-state index < -0.39 is 41.7 Å². The van der Waals surface area contributed by atoms with Crippen molar-refractivity contribution in [1.29, 1.82) is 0 Å². The predicted octanol–water partition coefficient (Wildman–Crippen LogP) is 3.63. The SMILES string of the molecule is CCC(C)C(C(CC(=O)N1CCCC1C(OC)C(C)C(=O)NCC1(c2ccccc2)CC1)OC)N(C)C(=O)C(NC(=O)C(C)(C)N)C(C)C. The van der Waals surface area contributed by atoms with E-state index in [1.165, 1.54) is 5.56 Å². The second-order valence-corrected chi connectivity index (χ2v) is 15.4. The van der Waals surface area contributed by atoms with Gasteiger partial charge < -0.3 is 35.6 Å². The van der Waals surface area contributed by atoms with Gasteiger partial charge in [-0.05, 0) is 56.9 Å². The summed E-state index contributed by atoms with van der Waals surface area (Å²) in [7, 11) is 4.89. The van der Waals surface area contributed by atoms with E-state index in [2.05, 4.69) is 22.8 Å². The molecule has 1 aliphatic heterocycles. The smallest absolute Gasteiger partial charge is 0.245 e. The van der Waals surface area contributed by atoms with Crippen LogP contribution >= 0.6 is 0 Å². The molecule has 0 spiro atoms. The topological polar surface area (TPSA) is 143 Å². The summed E-state index contributed by atoms with van der Waals surface area (Å²) in [5, 5.41) is 6.03. The van der Waals surface area contributed by atoms with Gasteiger partial charge in [0, 0.05) is 39.8 Å². The van der Waals surface area contributed by atoms with Crippen molar-refractivity contribution in [3.63, 3.8) is 0 Å². The minimum atomic E-state index is -1.14. The number of nitrogens with zero attached hydrogens (tertiary/aromatic N) is 2. The Morgan fingerprint density at radius 1 is 1.06 bits per heavy atom. The Morgan fingerprint density at radius 2 is 1.69 bits per heavy atom. The first-order chi connectivity index (χ1) is 23.0. The molecule has 3 rings (SSSR count). The molecule has 49 heavy (non-hydrogen) atoms. The third kappa shape index (κ3) is 9.82. The molecule has 0 aromatic heterocycles. The van der Waals surface area contributed by atoms with Crippen LogP contribution in [0.2, 0.25) is 0 Å². The highest BCUT2D eigenvalue weighted by molar-refractivity contribution is 5.91. The highest BCUT2D eigenvalue weighted by Gasteiger charge is 2.46. The van der Waals surface area contributed by atoms with Crippen molar-refractivity contribution in [3.8, 4) is 0 Å². The second-order valence-electron chi connectivity index (χ2n) is 15.4. The molecule has 4 amide bonds. The Hall–Kier alpha value is -3.02. The van der Waals surface area contributed by atoms with Crippen LogP contribution in [-0.2, 0) is 34.1 Å². The molecule has 11 nitrogen and oxygen atoms in total. The van der Waals surface area contributed by atoms with Crippen LogP contribution in [0.25, 0.3) is 0 Å². The minimum absolute atomic E-state index is 0.00312. The fourth-order valence-corrected chi connectivity index (χ4v) is 7.29. The van der Waals surface area contributed by atoms with Crippen LogP contribution in [0.1, 0.15) is 92.6 Å². The third-order valence-corrected chi connectivity index (χ3v) is 10.9. The van der Waals surface area contributed by atoms with Crippen molar-refractivity contribution in [1.82, 2.24) is 20.4 Å². The first-order valence-electron chi connectivity index (χ1n) is 18.1. The summed E-state index contributed by atoms with van der Waals surface area (Å²) in [6, 6.07) is 8.83. The summed E-state index contributed by atoms with van der Waals surface area (Å²) in [6.45, 7) is 14.1. The number of hydrogen-bond acceptors (Lipinski definition) is 7. The molecule has 276 valence electrons. The number of ether oxygens (including phenoxy) is 2. The number of nitrogens with one attached hydrogen (secondary N) is 2. The number of carbonyl (C=O) groups is 4. The molecule has 1 heterocycles. The van der Waals surface area contributed by atoms with Crippen molar-refractivity contribution in [2.45, 2.75) is 128 Å². The van der Waals surface area contributed by atoms with Crippen LogP contribution in [0.4, 0.5) is 0 Å². The van der Waals surface area contributed by atoms with Gasteiger partial charge in [-0.3, -0.25) is 19.2 Å². The van der Waals surface area contributed by atoms with Crippen LogP contribution in [0.3, 0.4) is 0 Å². The monoisotopic (exact) mass is 685 g/mol. The number of hydrogen-bond donors (Lipinski definition) is 3. The largest absolute Gasteiger partial charge is 0.379 e. The molecule has 2 fully saturated rings. The van der Waals surface area contributed by atoms with E-state index in [0.717, 1.165) is 32.1 Å². The fraction of sp³-hybridized carbons (Fsp3) is 0.737. The van der Waals surface area contributed by atoms with E-state index in [1.54, 1.807) is 40.0 Å². The van der Waals surface area contributed by atoms with Crippen molar-refractivity contribution >= 4 is 23.6 Å². The van der Waals surface area contributed by atoms with E-state index in [1.807, 2.05) is 57.7 Å². The molecular weight excluding hydrogens is 622 g/mol. The van der Waals surface area contributed by atoms with E-state index in [0.29, 0.717) is 13.1 Å². The average Bonchev–Trinajstić information content (AvgIpc) is 3.72. The van der Waals surface area contributed by atoms with Crippen LogP contribution in [-0.4, -0.2) is 104 Å². The number of amides is 4. The zero-order chi connectivity index (χ0) is 36.7. The Balaban J connectivity index is 1.73. The van der Waals surface area contributed by atoms with Crippen molar-refractivity contribution in [2.75, 3.05) is 34.4 Å². The molecule has 7 atom stereocenters. The normalized spacial score (nSPS) is 20.9. The van der Waals surface area contributed by atoms with Crippen LogP contribution < -0.4 is 16.4 Å². The maximum Gasteiger partial charge on any atom is 0.245 e. The molecule has 0 bridgehead atoms. The lowest BCUT2D eigenvalue weighted by Gasteiger charge is -2.41. The molecule has 4 N–H and O–H groups in total. The van der Waals surface area contributed by atoms with Gasteiger partial charge in [0.15, 0.2) is 0 Å². The number of nitrogens with two attached hydrogens (primary N) is 1. The molecule has 1 saturated heterocycles. The first kappa shape index (κ1) is 40.4. The lowest BCUT2D eigenvalue weighted by molar-refractivity contribution is -0.147. The first-order valence-corrected chi connectivity index (χ1v) is 18.1. The van der Waals surface area contributed by atoms with Gasteiger partial charge in [-0.15, -0.1) is 0 Å². The van der Waals surface area contributed by atoms with Gasteiger partial charge in [-0.25, -0.2) is 0 Å². The fourth-order valence-electron chi connectivity index (χ4n) is 7.29. The number of rotatable bonds is 18. The molecular formula is C38H63N5O6. The summed E-state index contributed by atoms with van der Waals surface area (Å²) >= 11 is 0. The van der Waals surface area contributed by atoms with Crippen molar-refractivity contribution in [3.05, 3.63) is 35.9 Å². The van der Waals surface area contributed by atoms with Gasteiger partial charge in [-0.2, -0.15) is 0 Å². The number of likely N-dealkylation sites (tertiary alicyclic amines) is 1. The molecule has 1 aromatic rings. The van der Waals surface area contributed by atoms with Crippen LogP contribution in [0, 0.1) is 17.8 Å². The van der Waals surface area contributed by atoms with Crippen LogP contribution in [0.5, 0.6) is 0 Å². The average molecular weight is 686 g/mol. The van der Waals surface area contributed by atoms with Crippen LogP contribution in [0.15, 0.2) is 30.3 Å². The number of carbonyl (C=O) groups excluding carboxylic acids is 4. The Kier molecular flexibility index (Phi) is 14.2. The number of likely N-dealkylation sites (N-methyl/N-ethyl adjacent to an activating group) is 1. The zero-order valence-corrected chi connectivity index (χ0v) is 31.6. The van der Waals surface area contributed by atoms with E-state index in [4.69, 9.17) is 15.2 Å². The number of methoxy groups -OCH3 is 2. The Labute approximate surface area is 294 Å². The maximum atomic E-state index is 14.1. The van der Waals surface area contributed by atoms with Crippen molar-refractivity contribution < 1.29 is 28.7 Å². The molecule has 0 radical (unpaired) electrons. The second kappa shape index (κ2) is 17.3. The van der Waals surface area contributed by atoms with E-state index >= 15 is 0 Å². The standard InChI is InChI=1S/C38H63N5O6/c1-11-25(4)32(42(8)35(46)31(24(2)3)41-36(47)37(6,7)39)29(48-9)22-30(44)43-21-15-18-28(43)33(49-10)26(5)34(45)40-23-38(19-20-38)27-16-13-12-14-17-27/h12-14,16-17,24-26,28-29,31-33H,11,15,18-23,39H2,1-10H3,(H,40,45)(H,41,47). The highest BCUT2D eigenvalue weighted by atomic mass is 16.5. The van der Waals surface area contributed by atoms with Gasteiger partial charge in [-0.1, -0.05) is 71.4 Å². The Bertz CT molecular complexity index is 1260. The summed E-state index contributed by atoms with van der Waals surface area (Å²) in [5.74, 6) is -1.51. The minimum Gasteiger partial charge on any atom is -0.379 e. The summed E-state index contributed by atoms with van der Waals surface area (Å²) in [6.07, 6.45) is 3.36. The molecule has 11 heteroatoms. The van der Waals surface area contributed by atoms with Gasteiger partial charge in [0.25, 0.3) is 0 Å². The van der Waals surface area contributed by atoms with Gasteiger partial charge in [0.1, 0.15) is 6.04 Å². The van der Waals surface area contributed by atoms with E-state index in [9.17, 15) is 19.2 Å². The lowest BCUT2D eigenvalue weighted by Crippen LogP contribution is -2.60. The maximum absolute atomic E-state index is 14.1. The summed E-state index contributed by atoms with van der Waals surface area (Å²) < 4.78 is 11.9. The Morgan fingerprint density at radius 3 is 2.20 bits per heavy atom. The summed E-state index contributed by atoms with van der Waals surface area (Å²) in [5.41, 5.74) is 6.12. The van der Waals surface area contributed by atoms with E-state index in [-0.39, 0.29) is 47.4 Å². The van der Waals surface area contributed by atoms with Gasteiger partial charge >= 0.3 is 0 Å². The lowest BCUT2D eigenvalue weighted by atomic mass is 9.89. The van der Waals surface area contributed by atoms with Crippen molar-refractivity contribution in [2.24, 2.45) is 23.5 Å².